The second-order valence-electron chi connectivity index (χ2n) is 6.66. The summed E-state index contributed by atoms with van der Waals surface area (Å²) in [6.07, 6.45) is 3.34. The smallest absolute Gasteiger partial charge is 0.166 e. The molecule has 96 valence electrons. The Morgan fingerprint density at radius 3 is 2.11 bits per heavy atom. The summed E-state index contributed by atoms with van der Waals surface area (Å²) >= 11 is 0. The first-order valence-electron chi connectivity index (χ1n) is 6.18. The lowest BCUT2D eigenvalue weighted by Gasteiger charge is -2.23. The highest BCUT2D eigenvalue weighted by Gasteiger charge is 2.25. The molecule has 0 bridgehead atoms. The first kappa shape index (κ1) is 12.9. The fraction of sp³-hybridized carbons (Fsp3) is 0.571. The van der Waals surface area contributed by atoms with Crippen LogP contribution in [0.1, 0.15) is 53.1 Å². The molecule has 0 amide bonds. The van der Waals surface area contributed by atoms with Gasteiger partial charge in [-0.3, -0.25) is 0 Å². The largest absolute Gasteiger partial charge is 0.244 e. The number of hydrogen-bond donors (Lipinski definition) is 0. The fourth-order valence-corrected chi connectivity index (χ4v) is 1.78. The lowest BCUT2D eigenvalue weighted by molar-refractivity contribution is 0.519. The summed E-state index contributed by atoms with van der Waals surface area (Å²) in [7, 11) is 0. The van der Waals surface area contributed by atoms with Crippen LogP contribution >= 0.6 is 0 Å². The van der Waals surface area contributed by atoms with E-state index in [1.165, 1.54) is 6.33 Å². The van der Waals surface area contributed by atoms with E-state index in [0.717, 1.165) is 22.6 Å². The van der Waals surface area contributed by atoms with Crippen molar-refractivity contribution in [3.63, 3.8) is 0 Å². The van der Waals surface area contributed by atoms with Crippen LogP contribution in [0.5, 0.6) is 0 Å². The topological polar surface area (TPSA) is 51.6 Å². The number of hydrogen-bond acceptors (Lipinski definition) is 4. The van der Waals surface area contributed by atoms with Gasteiger partial charge >= 0.3 is 0 Å². The summed E-state index contributed by atoms with van der Waals surface area (Å²) in [4.78, 5) is 17.7. The normalized spacial score (nSPS) is 13.0. The maximum absolute atomic E-state index is 4.75. The highest BCUT2D eigenvalue weighted by molar-refractivity contribution is 5.77. The predicted octanol–water partition coefficient (Wildman–Crippen LogP) is 3.01. The average Bonchev–Trinajstić information content (AvgIpc) is 2.25. The molecule has 0 aromatic carbocycles. The Hall–Kier alpha value is -1.58. The summed E-state index contributed by atoms with van der Waals surface area (Å²) in [6.45, 7) is 12.8. The number of rotatable bonds is 0. The van der Waals surface area contributed by atoms with Gasteiger partial charge in [0.05, 0.1) is 11.1 Å². The molecule has 0 atom stereocenters. The van der Waals surface area contributed by atoms with Crippen molar-refractivity contribution < 1.29 is 0 Å². The predicted molar refractivity (Wildman–Crippen MR) is 72.5 cm³/mol. The summed E-state index contributed by atoms with van der Waals surface area (Å²) in [5, 5.41) is 0.943. The second kappa shape index (κ2) is 3.97. The molecular weight excluding hydrogens is 224 g/mol. The van der Waals surface area contributed by atoms with Gasteiger partial charge in [0.2, 0.25) is 0 Å². The van der Waals surface area contributed by atoms with Gasteiger partial charge in [0, 0.05) is 17.0 Å². The number of aromatic nitrogens is 4. The highest BCUT2D eigenvalue weighted by Crippen LogP contribution is 2.29. The van der Waals surface area contributed by atoms with Crippen molar-refractivity contribution in [2.24, 2.45) is 0 Å². The fourth-order valence-electron chi connectivity index (χ4n) is 1.78. The Balaban J connectivity index is 2.81. The molecule has 4 nitrogen and oxygen atoms in total. The van der Waals surface area contributed by atoms with E-state index in [2.05, 4.69) is 56.5 Å². The molecule has 2 rings (SSSR count). The third-order valence-corrected chi connectivity index (χ3v) is 2.76. The van der Waals surface area contributed by atoms with Crippen molar-refractivity contribution in [2.45, 2.75) is 52.4 Å². The van der Waals surface area contributed by atoms with Crippen LogP contribution in [-0.4, -0.2) is 19.9 Å². The third-order valence-electron chi connectivity index (χ3n) is 2.76. The zero-order valence-corrected chi connectivity index (χ0v) is 11.9. The van der Waals surface area contributed by atoms with Gasteiger partial charge in [-0.2, -0.15) is 0 Å². The molecule has 2 heterocycles. The van der Waals surface area contributed by atoms with Crippen LogP contribution in [0.3, 0.4) is 0 Å². The molecular formula is C14H20N4. The highest BCUT2D eigenvalue weighted by atomic mass is 15.0. The van der Waals surface area contributed by atoms with Gasteiger partial charge in [0.15, 0.2) is 5.65 Å². The summed E-state index contributed by atoms with van der Waals surface area (Å²) in [5.41, 5.74) is 1.61. The van der Waals surface area contributed by atoms with Crippen molar-refractivity contribution in [3.8, 4) is 0 Å². The van der Waals surface area contributed by atoms with Crippen molar-refractivity contribution in [1.82, 2.24) is 19.9 Å². The lowest BCUT2D eigenvalue weighted by Crippen LogP contribution is -2.22. The number of fused-ring (bicyclic) bond motifs is 1. The van der Waals surface area contributed by atoms with Gasteiger partial charge in [0.1, 0.15) is 12.2 Å². The van der Waals surface area contributed by atoms with Gasteiger partial charge in [-0.25, -0.2) is 19.9 Å². The van der Waals surface area contributed by atoms with E-state index in [1.54, 1.807) is 6.20 Å². The second-order valence-corrected chi connectivity index (χ2v) is 6.66. The van der Waals surface area contributed by atoms with E-state index in [9.17, 15) is 0 Å². The maximum Gasteiger partial charge on any atom is 0.166 e. The van der Waals surface area contributed by atoms with Crippen LogP contribution in [0.2, 0.25) is 0 Å². The Kier molecular flexibility index (Phi) is 2.84. The molecule has 0 aliphatic heterocycles. The summed E-state index contributed by atoms with van der Waals surface area (Å²) in [6, 6.07) is 0. The van der Waals surface area contributed by atoms with Gasteiger partial charge < -0.3 is 0 Å². The maximum atomic E-state index is 4.75. The molecule has 2 aromatic rings. The van der Waals surface area contributed by atoms with Crippen LogP contribution in [0.15, 0.2) is 12.5 Å². The van der Waals surface area contributed by atoms with Crippen molar-refractivity contribution >= 4 is 11.0 Å². The average molecular weight is 244 g/mol. The van der Waals surface area contributed by atoms with Gasteiger partial charge in [-0.1, -0.05) is 41.5 Å². The minimum Gasteiger partial charge on any atom is -0.244 e. The molecule has 4 heteroatoms. The van der Waals surface area contributed by atoms with Crippen molar-refractivity contribution in [1.29, 1.82) is 0 Å². The minimum absolute atomic E-state index is 0.0497. The van der Waals surface area contributed by atoms with Crippen LogP contribution in [0, 0.1) is 0 Å². The minimum atomic E-state index is -0.0842. The molecule has 2 aromatic heterocycles. The molecule has 0 spiro atoms. The standard InChI is InChI=1S/C14H20N4/c1-13(2,3)10-9-7-15-8-16-11(9)18-12(17-10)14(4,5)6/h7-8H,1-6H3. The molecule has 0 saturated heterocycles. The molecule has 0 fully saturated rings. The zero-order valence-electron chi connectivity index (χ0n) is 11.9. The van der Waals surface area contributed by atoms with Gasteiger partial charge in [-0.05, 0) is 0 Å². The van der Waals surface area contributed by atoms with E-state index in [1.807, 2.05) is 0 Å². The first-order chi connectivity index (χ1) is 8.19. The van der Waals surface area contributed by atoms with Crippen molar-refractivity contribution in [3.05, 3.63) is 24.0 Å². The molecule has 0 radical (unpaired) electrons. The quantitative estimate of drug-likeness (QED) is 0.714. The van der Waals surface area contributed by atoms with Crippen LogP contribution in [-0.2, 0) is 10.8 Å². The summed E-state index contributed by atoms with van der Waals surface area (Å²) in [5.74, 6) is 0.832. The third kappa shape index (κ3) is 2.33. The Morgan fingerprint density at radius 2 is 1.56 bits per heavy atom. The zero-order chi connectivity index (χ0) is 13.6. The van der Waals surface area contributed by atoms with E-state index in [0.29, 0.717) is 0 Å². The SMILES string of the molecule is CC(C)(C)c1nc(C(C)(C)C)c2cncnc2n1. The molecule has 0 unspecified atom stereocenters. The van der Waals surface area contributed by atoms with Crippen LogP contribution in [0.25, 0.3) is 11.0 Å². The molecule has 0 saturated carbocycles. The van der Waals surface area contributed by atoms with E-state index in [-0.39, 0.29) is 10.8 Å². The molecule has 0 aliphatic rings. The number of nitrogens with zero attached hydrogens (tertiary/aromatic N) is 4. The molecule has 18 heavy (non-hydrogen) atoms. The Morgan fingerprint density at radius 1 is 0.889 bits per heavy atom. The van der Waals surface area contributed by atoms with Crippen molar-refractivity contribution in [2.75, 3.05) is 0 Å². The van der Waals surface area contributed by atoms with Gasteiger partial charge in [-0.15, -0.1) is 0 Å². The Bertz CT molecular complexity index is 576. The molecule has 0 N–H and O–H groups in total. The van der Waals surface area contributed by atoms with Crippen LogP contribution in [0.4, 0.5) is 0 Å². The van der Waals surface area contributed by atoms with E-state index >= 15 is 0 Å². The monoisotopic (exact) mass is 244 g/mol. The van der Waals surface area contributed by atoms with E-state index in [4.69, 9.17) is 4.98 Å². The molecule has 0 aliphatic carbocycles. The van der Waals surface area contributed by atoms with Gasteiger partial charge in [0.25, 0.3) is 0 Å². The summed E-state index contributed by atoms with van der Waals surface area (Å²) < 4.78 is 0. The van der Waals surface area contributed by atoms with E-state index < -0.39 is 0 Å². The van der Waals surface area contributed by atoms with Crippen LogP contribution < -0.4 is 0 Å². The Labute approximate surface area is 108 Å². The lowest BCUT2D eigenvalue weighted by atomic mass is 9.88. The first-order valence-corrected chi connectivity index (χ1v) is 6.18.